The van der Waals surface area contributed by atoms with Crippen molar-refractivity contribution in [2.45, 2.75) is 26.4 Å². The molecule has 112 valence electrons. The van der Waals surface area contributed by atoms with Gasteiger partial charge in [-0.2, -0.15) is 0 Å². The molecule has 5 nitrogen and oxygen atoms in total. The van der Waals surface area contributed by atoms with Gasteiger partial charge in [-0.1, -0.05) is 26.0 Å². The number of aromatic nitrogens is 2. The third kappa shape index (κ3) is 3.92. The van der Waals surface area contributed by atoms with Crippen molar-refractivity contribution in [2.75, 3.05) is 19.1 Å². The minimum atomic E-state index is 0.445. The zero-order valence-corrected chi connectivity index (χ0v) is 13.0. The molecule has 0 saturated carbocycles. The topological polar surface area (TPSA) is 50.3 Å². The first-order valence-electron chi connectivity index (χ1n) is 7.03. The highest BCUT2D eigenvalue weighted by molar-refractivity contribution is 5.64. The molecule has 0 saturated heterocycles. The van der Waals surface area contributed by atoms with Gasteiger partial charge in [-0.25, -0.2) is 9.97 Å². The molecule has 2 aromatic rings. The van der Waals surface area contributed by atoms with E-state index in [1.807, 2.05) is 48.6 Å². The molecule has 0 unspecified atom stereocenters. The first-order valence-corrected chi connectivity index (χ1v) is 7.03. The number of para-hydroxylation sites is 2. The van der Waals surface area contributed by atoms with E-state index in [0.29, 0.717) is 12.0 Å². The van der Waals surface area contributed by atoms with Crippen molar-refractivity contribution in [1.82, 2.24) is 15.3 Å². The number of methoxy groups -OCH3 is 1. The second-order valence-electron chi connectivity index (χ2n) is 5.16. The number of anilines is 2. The van der Waals surface area contributed by atoms with Crippen molar-refractivity contribution in [3.05, 3.63) is 42.2 Å². The molecule has 0 bridgehead atoms. The predicted octanol–water partition coefficient (Wildman–Crippen LogP) is 2.75. The monoisotopic (exact) mass is 286 g/mol. The van der Waals surface area contributed by atoms with Crippen molar-refractivity contribution in [3.8, 4) is 5.75 Å². The quantitative estimate of drug-likeness (QED) is 0.885. The summed E-state index contributed by atoms with van der Waals surface area (Å²) in [6.07, 6.45) is 3.70. The molecule has 0 aliphatic heterocycles. The van der Waals surface area contributed by atoms with E-state index >= 15 is 0 Å². The molecule has 0 atom stereocenters. The molecule has 0 spiro atoms. The van der Waals surface area contributed by atoms with E-state index in [4.69, 9.17) is 4.74 Å². The second kappa shape index (κ2) is 7.04. The molecule has 1 aromatic heterocycles. The lowest BCUT2D eigenvalue weighted by molar-refractivity contribution is 0.415. The fourth-order valence-corrected chi connectivity index (χ4v) is 1.95. The summed E-state index contributed by atoms with van der Waals surface area (Å²) >= 11 is 0. The summed E-state index contributed by atoms with van der Waals surface area (Å²) in [5.74, 6) is 1.45. The van der Waals surface area contributed by atoms with Crippen LogP contribution in [-0.4, -0.2) is 30.2 Å². The molecule has 5 heteroatoms. The molecule has 1 aromatic carbocycles. The van der Waals surface area contributed by atoms with Gasteiger partial charge in [-0.3, -0.25) is 0 Å². The number of nitrogens with one attached hydrogen (secondary N) is 1. The molecule has 21 heavy (non-hydrogen) atoms. The number of benzene rings is 1. The third-order valence-electron chi connectivity index (χ3n) is 3.15. The Kier molecular flexibility index (Phi) is 5.11. The van der Waals surface area contributed by atoms with Crippen LogP contribution < -0.4 is 15.0 Å². The Bertz CT molecular complexity index is 569. The van der Waals surface area contributed by atoms with Crippen LogP contribution in [0.1, 0.15) is 19.4 Å². The number of nitrogens with zero attached hydrogens (tertiary/aromatic N) is 3. The van der Waals surface area contributed by atoms with E-state index in [9.17, 15) is 0 Å². The SMILES string of the molecule is COc1ccccc1N(C)c1ncc(CNC(C)C)cn1. The molecular formula is C16H22N4O. The summed E-state index contributed by atoms with van der Waals surface area (Å²) < 4.78 is 5.37. The van der Waals surface area contributed by atoms with Crippen LogP contribution in [0, 0.1) is 0 Å². The first-order chi connectivity index (χ1) is 10.1. The van der Waals surface area contributed by atoms with Gasteiger partial charge in [0.05, 0.1) is 12.8 Å². The maximum atomic E-state index is 5.37. The zero-order chi connectivity index (χ0) is 15.2. The summed E-state index contributed by atoms with van der Waals surface area (Å²) in [6.45, 7) is 5.01. The lowest BCUT2D eigenvalue weighted by Crippen LogP contribution is -2.22. The molecule has 0 radical (unpaired) electrons. The molecule has 0 fully saturated rings. The zero-order valence-electron chi connectivity index (χ0n) is 13.0. The van der Waals surface area contributed by atoms with E-state index in [0.717, 1.165) is 23.5 Å². The van der Waals surface area contributed by atoms with Gasteiger partial charge in [-0.15, -0.1) is 0 Å². The fraction of sp³-hybridized carbons (Fsp3) is 0.375. The molecule has 0 aliphatic carbocycles. The van der Waals surface area contributed by atoms with E-state index in [1.165, 1.54) is 0 Å². The maximum Gasteiger partial charge on any atom is 0.229 e. The summed E-state index contributed by atoms with van der Waals surface area (Å²) in [5.41, 5.74) is 2.01. The average molecular weight is 286 g/mol. The minimum absolute atomic E-state index is 0.445. The standard InChI is InChI=1S/C16H22N4O/c1-12(2)17-9-13-10-18-16(19-11-13)20(3)14-7-5-6-8-15(14)21-4/h5-8,10-12,17H,9H2,1-4H3. The fourth-order valence-electron chi connectivity index (χ4n) is 1.95. The van der Waals surface area contributed by atoms with E-state index in [2.05, 4.69) is 29.1 Å². The molecule has 1 N–H and O–H groups in total. The lowest BCUT2D eigenvalue weighted by atomic mass is 10.2. The van der Waals surface area contributed by atoms with Gasteiger partial charge in [-0.05, 0) is 12.1 Å². The van der Waals surface area contributed by atoms with Gasteiger partial charge in [0.25, 0.3) is 0 Å². The molecule has 1 heterocycles. The predicted molar refractivity (Wildman–Crippen MR) is 85.1 cm³/mol. The summed E-state index contributed by atoms with van der Waals surface area (Å²) in [5, 5.41) is 3.35. The highest BCUT2D eigenvalue weighted by atomic mass is 16.5. The molecule has 2 rings (SSSR count). The van der Waals surface area contributed by atoms with Crippen molar-refractivity contribution >= 4 is 11.6 Å². The minimum Gasteiger partial charge on any atom is -0.495 e. The van der Waals surface area contributed by atoms with Crippen LogP contribution in [0.15, 0.2) is 36.7 Å². The van der Waals surface area contributed by atoms with Crippen molar-refractivity contribution in [3.63, 3.8) is 0 Å². The Morgan fingerprint density at radius 3 is 2.48 bits per heavy atom. The Morgan fingerprint density at radius 2 is 1.86 bits per heavy atom. The second-order valence-corrected chi connectivity index (χ2v) is 5.16. The number of ether oxygens (including phenoxy) is 1. The smallest absolute Gasteiger partial charge is 0.229 e. The first kappa shape index (κ1) is 15.3. The van der Waals surface area contributed by atoms with Crippen molar-refractivity contribution < 1.29 is 4.74 Å². The van der Waals surface area contributed by atoms with Gasteiger partial charge in [0, 0.05) is 37.6 Å². The van der Waals surface area contributed by atoms with E-state index in [-0.39, 0.29) is 0 Å². The Morgan fingerprint density at radius 1 is 1.19 bits per heavy atom. The number of hydrogen-bond donors (Lipinski definition) is 1. The normalized spacial score (nSPS) is 10.7. The lowest BCUT2D eigenvalue weighted by Gasteiger charge is -2.19. The van der Waals surface area contributed by atoms with Crippen LogP contribution in [0.25, 0.3) is 0 Å². The van der Waals surface area contributed by atoms with Crippen LogP contribution in [0.2, 0.25) is 0 Å². The number of rotatable bonds is 6. The van der Waals surface area contributed by atoms with Gasteiger partial charge in [0.2, 0.25) is 5.95 Å². The van der Waals surface area contributed by atoms with Crippen LogP contribution in [-0.2, 0) is 6.54 Å². The molecule has 0 amide bonds. The van der Waals surface area contributed by atoms with Crippen LogP contribution >= 0.6 is 0 Å². The maximum absolute atomic E-state index is 5.37. The Balaban J connectivity index is 2.14. The average Bonchev–Trinajstić information content (AvgIpc) is 2.52. The van der Waals surface area contributed by atoms with E-state index < -0.39 is 0 Å². The van der Waals surface area contributed by atoms with Gasteiger partial charge in [0.1, 0.15) is 5.75 Å². The largest absolute Gasteiger partial charge is 0.495 e. The Labute approximate surface area is 126 Å². The summed E-state index contributed by atoms with van der Waals surface area (Å²) in [6, 6.07) is 8.26. The van der Waals surface area contributed by atoms with Crippen LogP contribution in [0.5, 0.6) is 5.75 Å². The summed E-state index contributed by atoms with van der Waals surface area (Å²) in [4.78, 5) is 10.8. The molecular weight excluding hydrogens is 264 g/mol. The van der Waals surface area contributed by atoms with E-state index in [1.54, 1.807) is 7.11 Å². The van der Waals surface area contributed by atoms with Crippen LogP contribution in [0.4, 0.5) is 11.6 Å². The van der Waals surface area contributed by atoms with Gasteiger partial charge >= 0.3 is 0 Å². The highest BCUT2D eigenvalue weighted by Gasteiger charge is 2.11. The number of hydrogen-bond acceptors (Lipinski definition) is 5. The molecule has 0 aliphatic rings. The Hall–Kier alpha value is -2.14. The van der Waals surface area contributed by atoms with Crippen molar-refractivity contribution in [2.24, 2.45) is 0 Å². The highest BCUT2D eigenvalue weighted by Crippen LogP contribution is 2.30. The third-order valence-corrected chi connectivity index (χ3v) is 3.15. The van der Waals surface area contributed by atoms with Crippen molar-refractivity contribution in [1.29, 1.82) is 0 Å². The van der Waals surface area contributed by atoms with Gasteiger partial charge < -0.3 is 15.0 Å². The van der Waals surface area contributed by atoms with Gasteiger partial charge in [0.15, 0.2) is 0 Å². The summed E-state index contributed by atoms with van der Waals surface area (Å²) in [7, 11) is 3.59. The van der Waals surface area contributed by atoms with Crippen LogP contribution in [0.3, 0.4) is 0 Å².